The molecule has 10 heteroatoms. The molecule has 36 heavy (non-hydrogen) atoms. The van der Waals surface area contributed by atoms with Crippen LogP contribution >= 0.6 is 23.1 Å². The molecule has 0 radical (unpaired) electrons. The molecule has 2 aromatic rings. The third kappa shape index (κ3) is 4.59. The molecule has 2 N–H and O–H groups in total. The van der Waals surface area contributed by atoms with Crippen LogP contribution in [0, 0.1) is 24.2 Å². The Morgan fingerprint density at radius 2 is 2.06 bits per heavy atom. The van der Waals surface area contributed by atoms with E-state index in [0.717, 1.165) is 21.9 Å². The minimum absolute atomic E-state index is 0.0762. The standard InChI is InChI=1S/C26H36BN3O4S2/c1-14-15(9-8-10-17(14)21(31)32-24(2,3)4)11-20(35-23-30-29-22(28)36-23)27-33-19-13-16-12-18(25(16,5)6)26(19,7)34-27/h8-10,16,18-20H,11-13H2,1-7H3,(H2,28,29)/t16?,18?,19?,20-,26-/m0/s1. The van der Waals surface area contributed by atoms with Crippen LogP contribution in [0.15, 0.2) is 22.5 Å². The van der Waals surface area contributed by atoms with Crippen molar-refractivity contribution in [1.29, 1.82) is 0 Å². The molecular weight excluding hydrogens is 493 g/mol. The highest BCUT2D eigenvalue weighted by Gasteiger charge is 2.68. The van der Waals surface area contributed by atoms with Gasteiger partial charge in [-0.2, -0.15) is 0 Å². The second kappa shape index (κ2) is 9.00. The van der Waals surface area contributed by atoms with E-state index in [0.29, 0.717) is 29.0 Å². The molecule has 3 unspecified atom stereocenters. The first-order chi connectivity index (χ1) is 16.8. The Morgan fingerprint density at radius 1 is 1.31 bits per heavy atom. The minimum atomic E-state index is -0.554. The van der Waals surface area contributed by atoms with Crippen molar-refractivity contribution >= 4 is 41.3 Å². The summed E-state index contributed by atoms with van der Waals surface area (Å²) in [5.41, 5.74) is 7.86. The van der Waals surface area contributed by atoms with Gasteiger partial charge in [0.15, 0.2) is 4.34 Å². The molecular formula is C26H36BN3O4S2. The summed E-state index contributed by atoms with van der Waals surface area (Å²) in [5, 5.41) is 8.62. The van der Waals surface area contributed by atoms with Crippen LogP contribution in [0.5, 0.6) is 0 Å². The molecule has 194 valence electrons. The quantitative estimate of drug-likeness (QED) is 0.304. The number of hydrogen-bond acceptors (Lipinski definition) is 9. The van der Waals surface area contributed by atoms with Crippen molar-refractivity contribution in [2.45, 2.75) is 94.5 Å². The topological polar surface area (TPSA) is 96.6 Å². The summed E-state index contributed by atoms with van der Waals surface area (Å²) in [6, 6.07) is 5.81. The van der Waals surface area contributed by atoms with Crippen LogP contribution in [0.4, 0.5) is 5.13 Å². The van der Waals surface area contributed by atoms with E-state index >= 15 is 0 Å². The van der Waals surface area contributed by atoms with E-state index in [9.17, 15) is 4.79 Å². The van der Waals surface area contributed by atoms with Crippen molar-refractivity contribution in [3.8, 4) is 0 Å². The Morgan fingerprint density at radius 3 is 2.69 bits per heavy atom. The van der Waals surface area contributed by atoms with Crippen LogP contribution in [0.25, 0.3) is 0 Å². The maximum atomic E-state index is 12.9. The fourth-order valence-corrected chi connectivity index (χ4v) is 8.33. The van der Waals surface area contributed by atoms with Gasteiger partial charge in [-0.15, -0.1) is 10.2 Å². The summed E-state index contributed by atoms with van der Waals surface area (Å²) in [5.74, 6) is 0.861. The van der Waals surface area contributed by atoms with Crippen LogP contribution in [0.3, 0.4) is 0 Å². The Bertz CT molecular complexity index is 1170. The van der Waals surface area contributed by atoms with Crippen LogP contribution in [-0.4, -0.2) is 45.7 Å². The van der Waals surface area contributed by atoms with Crippen LogP contribution < -0.4 is 5.73 Å². The van der Waals surface area contributed by atoms with Crippen molar-refractivity contribution in [3.05, 3.63) is 34.9 Å². The van der Waals surface area contributed by atoms with Crippen LogP contribution in [0.1, 0.15) is 75.9 Å². The van der Waals surface area contributed by atoms with Gasteiger partial charge in [-0.1, -0.05) is 49.1 Å². The average molecular weight is 530 g/mol. The molecule has 2 bridgehead atoms. The van der Waals surface area contributed by atoms with E-state index in [1.807, 2.05) is 39.8 Å². The van der Waals surface area contributed by atoms with Gasteiger partial charge in [0.1, 0.15) is 5.60 Å². The van der Waals surface area contributed by atoms with Gasteiger partial charge < -0.3 is 19.8 Å². The fourth-order valence-electron chi connectivity index (χ4n) is 6.32. The number of nitrogens with zero attached hydrogens (tertiary/aromatic N) is 2. The van der Waals surface area contributed by atoms with Gasteiger partial charge in [-0.05, 0) is 88.3 Å². The summed E-state index contributed by atoms with van der Waals surface area (Å²) in [4.78, 5) is 12.9. The zero-order valence-corrected chi connectivity index (χ0v) is 23.8. The molecule has 3 aliphatic carbocycles. The van der Waals surface area contributed by atoms with Crippen LogP contribution in [0.2, 0.25) is 0 Å². The Labute approximate surface area is 222 Å². The second-order valence-electron chi connectivity index (χ2n) is 12.2. The Balaban J connectivity index is 1.42. The Hall–Kier alpha value is -1.62. The number of ether oxygens (including phenoxy) is 1. The van der Waals surface area contributed by atoms with Crippen molar-refractivity contribution in [2.75, 3.05) is 5.73 Å². The number of carbonyl (C=O) groups excluding carboxylic acids is 1. The van der Waals surface area contributed by atoms with Gasteiger partial charge in [0.25, 0.3) is 0 Å². The highest BCUT2D eigenvalue weighted by Crippen LogP contribution is 2.66. The fraction of sp³-hybridized carbons (Fsp3) is 0.654. The highest BCUT2D eigenvalue weighted by molar-refractivity contribution is 8.02. The van der Waals surface area contributed by atoms with Gasteiger partial charge in [0.05, 0.1) is 22.4 Å². The first-order valence-corrected chi connectivity index (χ1v) is 14.4. The summed E-state index contributed by atoms with van der Waals surface area (Å²) in [6.45, 7) is 14.6. The SMILES string of the molecule is Cc1c(C[C@H](Sc2nnc(N)s2)B2OC3CC4CC(C4(C)C)[C@]3(C)O2)cccc1C(=O)OC(C)(C)C. The normalized spacial score (nSPS) is 29.4. The number of thioether (sulfide) groups is 1. The first-order valence-electron chi connectivity index (χ1n) is 12.7. The number of hydrogen-bond donors (Lipinski definition) is 1. The lowest BCUT2D eigenvalue weighted by molar-refractivity contribution is -0.199. The number of benzene rings is 1. The molecule has 4 aliphatic rings. The smallest absolute Gasteiger partial charge is 0.456 e. The van der Waals surface area contributed by atoms with Crippen LogP contribution in [-0.2, 0) is 20.5 Å². The predicted molar refractivity (Wildman–Crippen MR) is 144 cm³/mol. The largest absolute Gasteiger partial charge is 0.472 e. The Kier molecular flexibility index (Phi) is 6.50. The lowest BCUT2D eigenvalue weighted by atomic mass is 9.43. The molecule has 1 aromatic heterocycles. The highest BCUT2D eigenvalue weighted by atomic mass is 32.2. The van der Waals surface area contributed by atoms with Gasteiger partial charge in [-0.25, -0.2) is 4.79 Å². The first kappa shape index (κ1) is 26.0. The average Bonchev–Trinajstić information content (AvgIpc) is 3.34. The lowest BCUT2D eigenvalue weighted by Crippen LogP contribution is -2.65. The second-order valence-corrected chi connectivity index (χ2v) is 14.7. The molecule has 1 aliphatic heterocycles. The molecule has 3 saturated carbocycles. The summed E-state index contributed by atoms with van der Waals surface area (Å²) >= 11 is 2.96. The molecule has 4 fully saturated rings. The summed E-state index contributed by atoms with van der Waals surface area (Å²) in [6.07, 6.45) is 2.98. The van der Waals surface area contributed by atoms with E-state index < -0.39 is 12.7 Å². The third-order valence-electron chi connectivity index (χ3n) is 8.43. The maximum absolute atomic E-state index is 12.9. The summed E-state index contributed by atoms with van der Waals surface area (Å²) < 4.78 is 19.9. The molecule has 7 nitrogen and oxygen atoms in total. The van der Waals surface area contributed by atoms with Gasteiger partial charge in [0.2, 0.25) is 5.13 Å². The van der Waals surface area contributed by atoms with E-state index in [1.54, 1.807) is 11.8 Å². The molecule has 0 amide bonds. The van der Waals surface area contributed by atoms with Gasteiger partial charge >= 0.3 is 13.1 Å². The maximum Gasteiger partial charge on any atom is 0.472 e. The van der Waals surface area contributed by atoms with Crippen molar-refractivity contribution < 1.29 is 18.8 Å². The number of aromatic nitrogens is 2. The number of nitrogens with two attached hydrogens (primary N) is 1. The summed E-state index contributed by atoms with van der Waals surface area (Å²) in [7, 11) is -0.394. The van der Waals surface area contributed by atoms with E-state index in [4.69, 9.17) is 19.8 Å². The molecule has 1 saturated heterocycles. The number of rotatable bonds is 6. The predicted octanol–water partition coefficient (Wildman–Crippen LogP) is 5.35. The molecule has 5 atom stereocenters. The van der Waals surface area contributed by atoms with Gasteiger partial charge in [0, 0.05) is 0 Å². The third-order valence-corrected chi connectivity index (χ3v) is 10.5. The monoisotopic (exact) mass is 529 g/mol. The molecule has 1 aromatic carbocycles. The number of nitrogen functional groups attached to an aromatic ring is 1. The number of carbonyl (C=O) groups is 1. The molecule has 2 heterocycles. The zero-order valence-electron chi connectivity index (χ0n) is 22.2. The molecule has 6 rings (SSSR count). The zero-order chi connectivity index (χ0) is 26.0. The van der Waals surface area contributed by atoms with Crippen molar-refractivity contribution in [2.24, 2.45) is 17.3 Å². The molecule has 0 spiro atoms. The number of esters is 1. The lowest BCUT2D eigenvalue weighted by Gasteiger charge is -2.64. The van der Waals surface area contributed by atoms with Gasteiger partial charge in [-0.3, -0.25) is 0 Å². The van der Waals surface area contributed by atoms with Crippen molar-refractivity contribution in [1.82, 2.24) is 10.2 Å². The van der Waals surface area contributed by atoms with E-state index in [2.05, 4.69) is 37.0 Å². The van der Waals surface area contributed by atoms with E-state index in [-0.39, 0.29) is 28.2 Å². The minimum Gasteiger partial charge on any atom is -0.456 e. The van der Waals surface area contributed by atoms with Crippen molar-refractivity contribution in [3.63, 3.8) is 0 Å². The van der Waals surface area contributed by atoms with E-state index in [1.165, 1.54) is 17.8 Å². The number of anilines is 1.